The molecule has 3 aromatic rings. The Kier molecular flexibility index (Phi) is 5.34. The molecule has 0 bridgehead atoms. The summed E-state index contributed by atoms with van der Waals surface area (Å²) in [5.41, 5.74) is -0.873. The first-order chi connectivity index (χ1) is 13.4. The standard InChI is InChI=1S/C17H18F2N6O3S/c1-17(2,26)9-25-8-10(6-22-25)15-13(19)7-21-16(24-15)23-14-4-3-11(5-12(14)18)29(20,27)28/h3-8,26H,9H2,1-2H3,(H2,20,27,28)(H,21,23,24). The van der Waals surface area contributed by atoms with Crippen molar-refractivity contribution in [3.63, 3.8) is 0 Å². The number of hydrogen-bond donors (Lipinski definition) is 3. The van der Waals surface area contributed by atoms with Crippen molar-refractivity contribution in [2.24, 2.45) is 5.14 Å². The van der Waals surface area contributed by atoms with Gasteiger partial charge in [0.15, 0.2) is 5.82 Å². The fraction of sp³-hybridized carbons (Fsp3) is 0.235. The molecule has 4 N–H and O–H groups in total. The predicted molar refractivity (Wildman–Crippen MR) is 101 cm³/mol. The number of halogens is 2. The number of anilines is 2. The molecule has 0 unspecified atom stereocenters. The van der Waals surface area contributed by atoms with Crippen LogP contribution in [0.25, 0.3) is 11.3 Å². The van der Waals surface area contributed by atoms with Crippen LogP contribution in [0.3, 0.4) is 0 Å². The third-order valence-corrected chi connectivity index (χ3v) is 4.63. The highest BCUT2D eigenvalue weighted by atomic mass is 32.2. The molecule has 0 atom stereocenters. The normalized spacial score (nSPS) is 12.2. The van der Waals surface area contributed by atoms with E-state index in [2.05, 4.69) is 20.4 Å². The number of rotatable bonds is 6. The van der Waals surface area contributed by atoms with Crippen LogP contribution in [0.2, 0.25) is 0 Å². The highest BCUT2D eigenvalue weighted by Gasteiger charge is 2.17. The van der Waals surface area contributed by atoms with Crippen LogP contribution in [0.1, 0.15) is 13.8 Å². The van der Waals surface area contributed by atoms with Gasteiger partial charge in [-0.15, -0.1) is 0 Å². The lowest BCUT2D eigenvalue weighted by atomic mass is 10.1. The molecule has 0 amide bonds. The molecule has 0 aliphatic carbocycles. The van der Waals surface area contributed by atoms with Crippen LogP contribution in [0, 0.1) is 11.6 Å². The van der Waals surface area contributed by atoms with Gasteiger partial charge in [-0.25, -0.2) is 32.3 Å². The Morgan fingerprint density at radius 2 is 1.97 bits per heavy atom. The highest BCUT2D eigenvalue weighted by molar-refractivity contribution is 7.89. The molecule has 9 nitrogen and oxygen atoms in total. The highest BCUT2D eigenvalue weighted by Crippen LogP contribution is 2.24. The van der Waals surface area contributed by atoms with Crippen molar-refractivity contribution >= 4 is 21.7 Å². The predicted octanol–water partition coefficient (Wildman–Crippen LogP) is 1.78. The van der Waals surface area contributed by atoms with Crippen molar-refractivity contribution in [3.05, 3.63) is 48.4 Å². The van der Waals surface area contributed by atoms with Gasteiger partial charge in [-0.1, -0.05) is 0 Å². The average Bonchev–Trinajstić information content (AvgIpc) is 3.03. The van der Waals surface area contributed by atoms with Crippen molar-refractivity contribution in [1.29, 1.82) is 0 Å². The smallest absolute Gasteiger partial charge is 0.238 e. The molecule has 154 valence electrons. The second-order valence-electron chi connectivity index (χ2n) is 6.94. The van der Waals surface area contributed by atoms with Gasteiger partial charge in [-0.3, -0.25) is 4.68 Å². The van der Waals surface area contributed by atoms with Gasteiger partial charge in [0.25, 0.3) is 0 Å². The summed E-state index contributed by atoms with van der Waals surface area (Å²) in [5.74, 6) is -1.73. The van der Waals surface area contributed by atoms with E-state index >= 15 is 0 Å². The molecule has 0 aliphatic rings. The molecule has 2 heterocycles. The Morgan fingerprint density at radius 1 is 1.24 bits per heavy atom. The van der Waals surface area contributed by atoms with Crippen molar-refractivity contribution in [2.75, 3.05) is 5.32 Å². The zero-order valence-electron chi connectivity index (χ0n) is 15.5. The van der Waals surface area contributed by atoms with Gasteiger partial charge in [-0.05, 0) is 32.0 Å². The van der Waals surface area contributed by atoms with Crippen LogP contribution in [0.15, 0.2) is 41.7 Å². The lowest BCUT2D eigenvalue weighted by molar-refractivity contribution is 0.0577. The number of benzene rings is 1. The van der Waals surface area contributed by atoms with Gasteiger partial charge in [0, 0.05) is 11.8 Å². The van der Waals surface area contributed by atoms with Crippen LogP contribution in [0.5, 0.6) is 0 Å². The number of nitrogens with zero attached hydrogens (tertiary/aromatic N) is 4. The molecule has 0 saturated heterocycles. The van der Waals surface area contributed by atoms with Crippen molar-refractivity contribution in [1.82, 2.24) is 19.7 Å². The van der Waals surface area contributed by atoms with Gasteiger partial charge >= 0.3 is 0 Å². The Bertz CT molecular complexity index is 1160. The minimum atomic E-state index is -4.05. The molecule has 3 rings (SSSR count). The molecule has 0 radical (unpaired) electrons. The summed E-state index contributed by atoms with van der Waals surface area (Å²) in [7, 11) is -4.05. The first-order valence-corrected chi connectivity index (χ1v) is 9.84. The molecule has 2 aromatic heterocycles. The van der Waals surface area contributed by atoms with E-state index in [0.717, 1.165) is 24.4 Å². The summed E-state index contributed by atoms with van der Waals surface area (Å²) >= 11 is 0. The molecule has 1 aromatic carbocycles. The van der Waals surface area contributed by atoms with E-state index in [0.29, 0.717) is 5.56 Å². The maximum Gasteiger partial charge on any atom is 0.238 e. The molecular formula is C17H18F2N6O3S. The van der Waals surface area contributed by atoms with Gasteiger partial charge in [0.2, 0.25) is 16.0 Å². The zero-order valence-corrected chi connectivity index (χ0v) is 16.3. The van der Waals surface area contributed by atoms with E-state index in [-0.39, 0.29) is 28.8 Å². The number of aliphatic hydroxyl groups is 1. The molecule has 0 spiro atoms. The summed E-state index contributed by atoms with van der Waals surface area (Å²) in [5, 5.41) is 21.4. The molecule has 0 fully saturated rings. The largest absolute Gasteiger partial charge is 0.389 e. The van der Waals surface area contributed by atoms with E-state index in [4.69, 9.17) is 5.14 Å². The molecular weight excluding hydrogens is 406 g/mol. The lowest BCUT2D eigenvalue weighted by Gasteiger charge is -2.16. The molecule has 0 saturated carbocycles. The fourth-order valence-electron chi connectivity index (χ4n) is 2.49. The van der Waals surface area contributed by atoms with Gasteiger partial charge in [0.1, 0.15) is 11.5 Å². The first kappa shape index (κ1) is 20.8. The van der Waals surface area contributed by atoms with Gasteiger partial charge in [0.05, 0.1) is 35.1 Å². The second kappa shape index (κ2) is 7.46. The van der Waals surface area contributed by atoms with Crippen LogP contribution in [0.4, 0.5) is 20.4 Å². The Morgan fingerprint density at radius 3 is 2.59 bits per heavy atom. The van der Waals surface area contributed by atoms with E-state index < -0.39 is 27.3 Å². The topological polar surface area (TPSA) is 136 Å². The van der Waals surface area contributed by atoms with Gasteiger partial charge in [-0.2, -0.15) is 5.10 Å². The number of primary sulfonamides is 1. The molecule has 29 heavy (non-hydrogen) atoms. The van der Waals surface area contributed by atoms with Crippen LogP contribution in [-0.2, 0) is 16.6 Å². The fourth-order valence-corrected chi connectivity index (χ4v) is 3.02. The van der Waals surface area contributed by atoms with E-state index in [9.17, 15) is 22.3 Å². The Labute approximate surface area is 165 Å². The second-order valence-corrected chi connectivity index (χ2v) is 8.50. The Balaban J connectivity index is 1.88. The number of aromatic nitrogens is 4. The van der Waals surface area contributed by atoms with Crippen LogP contribution < -0.4 is 10.5 Å². The summed E-state index contributed by atoms with van der Waals surface area (Å²) < 4.78 is 52.4. The minimum absolute atomic E-state index is 0.0777. The molecule has 0 aliphatic heterocycles. The number of nitrogens with two attached hydrogens (primary N) is 1. The van der Waals surface area contributed by atoms with Crippen LogP contribution in [-0.4, -0.2) is 38.9 Å². The van der Waals surface area contributed by atoms with Crippen molar-refractivity contribution < 1.29 is 22.3 Å². The van der Waals surface area contributed by atoms with Crippen LogP contribution >= 0.6 is 0 Å². The Hall–Kier alpha value is -2.96. The van der Waals surface area contributed by atoms with E-state index in [1.165, 1.54) is 17.1 Å². The third kappa shape index (κ3) is 5.10. The first-order valence-electron chi connectivity index (χ1n) is 8.29. The van der Waals surface area contributed by atoms with Crippen molar-refractivity contribution in [2.45, 2.75) is 30.9 Å². The summed E-state index contributed by atoms with van der Waals surface area (Å²) in [6, 6.07) is 3.03. The zero-order chi connectivity index (χ0) is 21.4. The summed E-state index contributed by atoms with van der Waals surface area (Å²) in [6.07, 6.45) is 3.80. The van der Waals surface area contributed by atoms with E-state index in [1.807, 2.05) is 0 Å². The minimum Gasteiger partial charge on any atom is -0.389 e. The monoisotopic (exact) mass is 424 g/mol. The lowest BCUT2D eigenvalue weighted by Crippen LogP contribution is -2.26. The van der Waals surface area contributed by atoms with E-state index in [1.54, 1.807) is 13.8 Å². The maximum atomic E-state index is 14.2. The summed E-state index contributed by atoms with van der Waals surface area (Å²) in [4.78, 5) is 7.41. The summed E-state index contributed by atoms with van der Waals surface area (Å²) in [6.45, 7) is 3.40. The number of nitrogens with one attached hydrogen (secondary N) is 1. The SMILES string of the molecule is CC(C)(O)Cn1cc(-c2nc(Nc3ccc(S(N)(=O)=O)cc3F)ncc2F)cn1. The molecule has 12 heteroatoms. The number of sulfonamides is 1. The number of hydrogen-bond acceptors (Lipinski definition) is 7. The quantitative estimate of drug-likeness (QED) is 0.549. The van der Waals surface area contributed by atoms with Crippen molar-refractivity contribution in [3.8, 4) is 11.3 Å². The third-order valence-electron chi connectivity index (χ3n) is 3.72. The average molecular weight is 424 g/mol. The van der Waals surface area contributed by atoms with Gasteiger partial charge < -0.3 is 10.4 Å². The maximum absolute atomic E-state index is 14.2.